The van der Waals surface area contributed by atoms with Crippen molar-refractivity contribution in [3.63, 3.8) is 0 Å². The van der Waals surface area contributed by atoms with Crippen molar-refractivity contribution in [3.05, 3.63) is 40.9 Å². The van der Waals surface area contributed by atoms with Crippen LogP contribution in [0, 0.1) is 5.92 Å². The SMILES string of the molecule is CNCC1CCN(C(=O)C=Cc2ccc(Cl)cc2)C1. The maximum absolute atomic E-state index is 12.0. The minimum Gasteiger partial charge on any atom is -0.339 e. The van der Waals surface area contributed by atoms with Gasteiger partial charge in [-0.2, -0.15) is 0 Å². The van der Waals surface area contributed by atoms with E-state index in [0.29, 0.717) is 10.9 Å². The standard InChI is InChI=1S/C15H19ClN2O/c1-17-10-13-8-9-18(11-13)15(19)7-4-12-2-5-14(16)6-3-12/h2-7,13,17H,8-11H2,1H3. The predicted molar refractivity (Wildman–Crippen MR) is 79.1 cm³/mol. The van der Waals surface area contributed by atoms with Crippen LogP contribution in [0.15, 0.2) is 30.3 Å². The monoisotopic (exact) mass is 278 g/mol. The zero-order valence-electron chi connectivity index (χ0n) is 11.1. The summed E-state index contributed by atoms with van der Waals surface area (Å²) in [5.41, 5.74) is 0.990. The van der Waals surface area contributed by atoms with Gasteiger partial charge in [-0.1, -0.05) is 23.7 Å². The molecule has 0 spiro atoms. The first kappa shape index (κ1) is 14.1. The number of amides is 1. The van der Waals surface area contributed by atoms with Crippen LogP contribution in [0.4, 0.5) is 0 Å². The lowest BCUT2D eigenvalue weighted by Crippen LogP contribution is -2.28. The fourth-order valence-corrected chi connectivity index (χ4v) is 2.46. The fraction of sp³-hybridized carbons (Fsp3) is 0.400. The van der Waals surface area contributed by atoms with E-state index in [0.717, 1.165) is 31.6 Å². The first-order chi connectivity index (χ1) is 9.19. The predicted octanol–water partition coefficient (Wildman–Crippen LogP) is 2.42. The number of carbonyl (C=O) groups excluding carboxylic acids is 1. The van der Waals surface area contributed by atoms with Gasteiger partial charge in [-0.25, -0.2) is 0 Å². The van der Waals surface area contributed by atoms with E-state index in [1.165, 1.54) is 0 Å². The van der Waals surface area contributed by atoms with Crippen molar-refractivity contribution in [1.82, 2.24) is 10.2 Å². The molecule has 1 aromatic carbocycles. The number of hydrogen-bond donors (Lipinski definition) is 1. The maximum Gasteiger partial charge on any atom is 0.246 e. The molecule has 1 aromatic rings. The van der Waals surface area contributed by atoms with Gasteiger partial charge in [0, 0.05) is 24.2 Å². The molecule has 4 heteroatoms. The van der Waals surface area contributed by atoms with Gasteiger partial charge in [-0.05, 0) is 49.7 Å². The van der Waals surface area contributed by atoms with Crippen molar-refractivity contribution in [3.8, 4) is 0 Å². The number of halogens is 1. The minimum atomic E-state index is 0.0913. The Morgan fingerprint density at radius 3 is 2.89 bits per heavy atom. The van der Waals surface area contributed by atoms with Crippen molar-refractivity contribution in [2.45, 2.75) is 6.42 Å². The van der Waals surface area contributed by atoms with Crippen molar-refractivity contribution < 1.29 is 4.79 Å². The van der Waals surface area contributed by atoms with E-state index >= 15 is 0 Å². The molecule has 1 unspecified atom stereocenters. The van der Waals surface area contributed by atoms with Crippen LogP contribution in [0.5, 0.6) is 0 Å². The number of likely N-dealkylation sites (tertiary alicyclic amines) is 1. The Kier molecular flexibility index (Phi) is 5.00. The molecular weight excluding hydrogens is 260 g/mol. The molecule has 1 aliphatic rings. The van der Waals surface area contributed by atoms with Crippen LogP contribution >= 0.6 is 11.6 Å². The topological polar surface area (TPSA) is 32.3 Å². The zero-order chi connectivity index (χ0) is 13.7. The Bertz CT molecular complexity index is 456. The molecular formula is C15H19ClN2O. The van der Waals surface area contributed by atoms with Gasteiger partial charge in [0.1, 0.15) is 0 Å². The van der Waals surface area contributed by atoms with E-state index in [-0.39, 0.29) is 5.91 Å². The second kappa shape index (κ2) is 6.73. The first-order valence-corrected chi connectivity index (χ1v) is 6.94. The number of rotatable bonds is 4. The highest BCUT2D eigenvalue weighted by Crippen LogP contribution is 2.16. The second-order valence-electron chi connectivity index (χ2n) is 4.88. The van der Waals surface area contributed by atoms with Crippen molar-refractivity contribution in [2.24, 2.45) is 5.92 Å². The molecule has 1 amide bonds. The average molecular weight is 279 g/mol. The lowest BCUT2D eigenvalue weighted by Gasteiger charge is -2.14. The van der Waals surface area contributed by atoms with Gasteiger partial charge >= 0.3 is 0 Å². The van der Waals surface area contributed by atoms with Crippen molar-refractivity contribution in [2.75, 3.05) is 26.7 Å². The molecule has 0 radical (unpaired) electrons. The van der Waals surface area contributed by atoms with Gasteiger partial charge in [0.05, 0.1) is 0 Å². The van der Waals surface area contributed by atoms with Crippen LogP contribution < -0.4 is 5.32 Å². The number of nitrogens with one attached hydrogen (secondary N) is 1. The van der Waals surface area contributed by atoms with E-state index in [4.69, 9.17) is 11.6 Å². The van der Waals surface area contributed by atoms with Gasteiger partial charge in [0.2, 0.25) is 5.91 Å². The molecule has 1 atom stereocenters. The number of benzene rings is 1. The Morgan fingerprint density at radius 2 is 2.21 bits per heavy atom. The molecule has 1 fully saturated rings. The summed E-state index contributed by atoms with van der Waals surface area (Å²) in [6.07, 6.45) is 4.57. The zero-order valence-corrected chi connectivity index (χ0v) is 11.9. The molecule has 1 saturated heterocycles. The Hall–Kier alpha value is -1.32. The minimum absolute atomic E-state index is 0.0913. The van der Waals surface area contributed by atoms with E-state index in [1.807, 2.05) is 42.3 Å². The molecule has 3 nitrogen and oxygen atoms in total. The van der Waals surface area contributed by atoms with Crippen LogP contribution in [0.1, 0.15) is 12.0 Å². The van der Waals surface area contributed by atoms with Gasteiger partial charge in [0.25, 0.3) is 0 Å². The summed E-state index contributed by atoms with van der Waals surface area (Å²) in [6.45, 7) is 2.69. The van der Waals surface area contributed by atoms with E-state index in [9.17, 15) is 4.79 Å². The summed E-state index contributed by atoms with van der Waals surface area (Å²) < 4.78 is 0. The molecule has 1 aliphatic heterocycles. The Balaban J connectivity index is 1.89. The molecule has 2 rings (SSSR count). The third-order valence-electron chi connectivity index (χ3n) is 3.38. The first-order valence-electron chi connectivity index (χ1n) is 6.56. The van der Waals surface area contributed by atoms with E-state index < -0.39 is 0 Å². The molecule has 1 heterocycles. The molecule has 102 valence electrons. The Labute approximate surface area is 119 Å². The summed E-state index contributed by atoms with van der Waals surface area (Å²) in [7, 11) is 1.95. The number of hydrogen-bond acceptors (Lipinski definition) is 2. The molecule has 0 bridgehead atoms. The van der Waals surface area contributed by atoms with E-state index in [1.54, 1.807) is 6.08 Å². The van der Waals surface area contributed by atoms with Gasteiger partial charge in [-0.3, -0.25) is 4.79 Å². The van der Waals surface area contributed by atoms with Crippen LogP contribution in [0.25, 0.3) is 6.08 Å². The maximum atomic E-state index is 12.0. The average Bonchev–Trinajstić information content (AvgIpc) is 2.87. The van der Waals surface area contributed by atoms with Crippen LogP contribution in [0.3, 0.4) is 0 Å². The van der Waals surface area contributed by atoms with Crippen LogP contribution in [-0.2, 0) is 4.79 Å². The summed E-state index contributed by atoms with van der Waals surface area (Å²) >= 11 is 5.82. The number of nitrogens with zero attached hydrogens (tertiary/aromatic N) is 1. The van der Waals surface area contributed by atoms with E-state index in [2.05, 4.69) is 5.32 Å². The summed E-state index contributed by atoms with van der Waals surface area (Å²) in [6, 6.07) is 7.45. The highest BCUT2D eigenvalue weighted by atomic mass is 35.5. The highest BCUT2D eigenvalue weighted by molar-refractivity contribution is 6.30. The molecule has 0 aromatic heterocycles. The quantitative estimate of drug-likeness (QED) is 0.858. The third kappa shape index (κ3) is 4.08. The van der Waals surface area contributed by atoms with Gasteiger partial charge in [0.15, 0.2) is 0 Å². The lowest BCUT2D eigenvalue weighted by molar-refractivity contribution is -0.125. The summed E-state index contributed by atoms with van der Waals surface area (Å²) in [4.78, 5) is 13.9. The molecule has 0 aliphatic carbocycles. The van der Waals surface area contributed by atoms with Gasteiger partial charge in [-0.15, -0.1) is 0 Å². The number of carbonyl (C=O) groups is 1. The van der Waals surface area contributed by atoms with Crippen molar-refractivity contribution in [1.29, 1.82) is 0 Å². The fourth-order valence-electron chi connectivity index (χ4n) is 2.33. The smallest absolute Gasteiger partial charge is 0.246 e. The van der Waals surface area contributed by atoms with Crippen LogP contribution in [0.2, 0.25) is 5.02 Å². The summed E-state index contributed by atoms with van der Waals surface area (Å²) in [5.74, 6) is 0.673. The molecule has 19 heavy (non-hydrogen) atoms. The highest BCUT2D eigenvalue weighted by Gasteiger charge is 2.24. The molecule has 1 N–H and O–H groups in total. The summed E-state index contributed by atoms with van der Waals surface area (Å²) in [5, 5.41) is 3.87. The third-order valence-corrected chi connectivity index (χ3v) is 3.63. The Morgan fingerprint density at radius 1 is 1.47 bits per heavy atom. The van der Waals surface area contributed by atoms with Crippen LogP contribution in [-0.4, -0.2) is 37.5 Å². The van der Waals surface area contributed by atoms with Crippen molar-refractivity contribution >= 4 is 23.6 Å². The largest absolute Gasteiger partial charge is 0.339 e. The normalized spacial score (nSPS) is 19.3. The lowest BCUT2D eigenvalue weighted by atomic mass is 10.1. The van der Waals surface area contributed by atoms with Gasteiger partial charge < -0.3 is 10.2 Å². The molecule has 0 saturated carbocycles. The second-order valence-corrected chi connectivity index (χ2v) is 5.32.